The highest BCUT2D eigenvalue weighted by molar-refractivity contribution is 5.94. The van der Waals surface area contributed by atoms with Crippen molar-refractivity contribution >= 4 is 5.91 Å². The molecule has 1 saturated carbocycles. The minimum absolute atomic E-state index is 0.134. The summed E-state index contributed by atoms with van der Waals surface area (Å²) in [6.45, 7) is 1.30. The summed E-state index contributed by atoms with van der Waals surface area (Å²) >= 11 is 0. The van der Waals surface area contributed by atoms with Gasteiger partial charge in [0.1, 0.15) is 0 Å². The Morgan fingerprint density at radius 3 is 2.90 bits per heavy atom. The van der Waals surface area contributed by atoms with E-state index in [1.165, 1.54) is 32.1 Å². The fourth-order valence-electron chi connectivity index (χ4n) is 2.59. The minimum Gasteiger partial charge on any atom is -0.378 e. The van der Waals surface area contributed by atoms with Gasteiger partial charge in [-0.3, -0.25) is 4.79 Å². The lowest BCUT2D eigenvalue weighted by molar-refractivity contribution is 0.0273. The summed E-state index contributed by atoms with van der Waals surface area (Å²) < 4.78 is 5.81. The van der Waals surface area contributed by atoms with E-state index in [9.17, 15) is 4.79 Å². The predicted molar refractivity (Wildman–Crippen MR) is 80.9 cm³/mol. The van der Waals surface area contributed by atoms with Gasteiger partial charge < -0.3 is 10.1 Å². The van der Waals surface area contributed by atoms with Crippen molar-refractivity contribution in [3.63, 3.8) is 0 Å². The van der Waals surface area contributed by atoms with Crippen molar-refractivity contribution in [3.05, 3.63) is 35.4 Å². The molecule has 112 valence electrons. The fraction of sp³-hybridized carbons (Fsp3) is 0.529. The van der Waals surface area contributed by atoms with Gasteiger partial charge in [-0.1, -0.05) is 25.3 Å². The molecule has 1 aliphatic rings. The van der Waals surface area contributed by atoms with Gasteiger partial charge in [-0.15, -0.1) is 0 Å². The molecule has 0 radical (unpaired) electrons. The molecule has 1 amide bonds. The van der Waals surface area contributed by atoms with Crippen LogP contribution >= 0.6 is 0 Å². The zero-order chi connectivity index (χ0) is 14.9. The Morgan fingerprint density at radius 1 is 1.33 bits per heavy atom. The second kappa shape index (κ2) is 8.43. The van der Waals surface area contributed by atoms with Crippen LogP contribution < -0.4 is 5.32 Å². The summed E-state index contributed by atoms with van der Waals surface area (Å²) in [6.07, 6.45) is 7.47. The van der Waals surface area contributed by atoms with Crippen molar-refractivity contribution < 1.29 is 9.53 Å². The Kier molecular flexibility index (Phi) is 6.23. The van der Waals surface area contributed by atoms with Crippen molar-refractivity contribution in [1.29, 1.82) is 5.26 Å². The molecule has 0 heterocycles. The maximum absolute atomic E-state index is 11.9. The van der Waals surface area contributed by atoms with Crippen LogP contribution in [0.3, 0.4) is 0 Å². The zero-order valence-electron chi connectivity index (χ0n) is 12.3. The van der Waals surface area contributed by atoms with E-state index in [1.807, 2.05) is 6.07 Å². The zero-order valence-corrected chi connectivity index (χ0v) is 12.3. The number of benzene rings is 1. The van der Waals surface area contributed by atoms with Gasteiger partial charge in [0.05, 0.1) is 17.7 Å². The first-order valence-electron chi connectivity index (χ1n) is 7.69. The van der Waals surface area contributed by atoms with Crippen LogP contribution in [0.4, 0.5) is 0 Å². The third-order valence-corrected chi connectivity index (χ3v) is 3.77. The number of nitrogens with one attached hydrogen (secondary N) is 1. The number of carbonyl (C=O) groups is 1. The molecule has 4 nitrogen and oxygen atoms in total. The van der Waals surface area contributed by atoms with Gasteiger partial charge in [0.15, 0.2) is 0 Å². The van der Waals surface area contributed by atoms with Crippen LogP contribution in [0.5, 0.6) is 0 Å². The summed E-state index contributed by atoms with van der Waals surface area (Å²) in [5.41, 5.74) is 1.03. The molecule has 0 unspecified atom stereocenters. The third kappa shape index (κ3) is 5.20. The second-order valence-electron chi connectivity index (χ2n) is 5.43. The van der Waals surface area contributed by atoms with Gasteiger partial charge in [0, 0.05) is 18.7 Å². The van der Waals surface area contributed by atoms with Crippen LogP contribution in [0.25, 0.3) is 0 Å². The number of ether oxygens (including phenoxy) is 1. The largest absolute Gasteiger partial charge is 0.378 e. The Balaban J connectivity index is 1.63. The summed E-state index contributed by atoms with van der Waals surface area (Å²) in [7, 11) is 0. The molecule has 0 aromatic heterocycles. The Morgan fingerprint density at radius 2 is 2.14 bits per heavy atom. The fourth-order valence-corrected chi connectivity index (χ4v) is 2.59. The summed E-state index contributed by atoms with van der Waals surface area (Å²) in [6, 6.07) is 8.77. The molecule has 2 rings (SSSR count). The van der Waals surface area contributed by atoms with Gasteiger partial charge in [-0.2, -0.15) is 5.26 Å². The monoisotopic (exact) mass is 286 g/mol. The molecular formula is C17H22N2O2. The van der Waals surface area contributed by atoms with E-state index in [1.54, 1.807) is 24.3 Å². The van der Waals surface area contributed by atoms with Crippen molar-refractivity contribution in [3.8, 4) is 6.07 Å². The van der Waals surface area contributed by atoms with E-state index in [2.05, 4.69) is 5.32 Å². The standard InChI is InChI=1S/C17H22N2O2/c18-13-14-6-4-7-15(12-14)17(20)19-10-5-11-21-16-8-2-1-3-9-16/h4,6-7,12,16H,1-3,5,8-11H2,(H,19,20). The third-order valence-electron chi connectivity index (χ3n) is 3.77. The summed E-state index contributed by atoms with van der Waals surface area (Å²) in [5.74, 6) is -0.134. The number of nitriles is 1. The predicted octanol–water partition coefficient (Wildman–Crippen LogP) is 3.03. The average Bonchev–Trinajstić information content (AvgIpc) is 2.55. The first-order valence-corrected chi connectivity index (χ1v) is 7.69. The van der Waals surface area contributed by atoms with Gasteiger partial charge in [0.2, 0.25) is 0 Å². The molecule has 1 aromatic rings. The van der Waals surface area contributed by atoms with E-state index in [0.29, 0.717) is 30.4 Å². The molecule has 0 bridgehead atoms. The molecule has 0 spiro atoms. The number of hydrogen-bond acceptors (Lipinski definition) is 3. The normalized spacial score (nSPS) is 15.4. The van der Waals surface area contributed by atoms with Crippen LogP contribution in [-0.2, 0) is 4.74 Å². The Bertz CT molecular complexity index is 502. The van der Waals surface area contributed by atoms with Crippen LogP contribution in [-0.4, -0.2) is 25.2 Å². The average molecular weight is 286 g/mol. The quantitative estimate of drug-likeness (QED) is 0.818. The maximum atomic E-state index is 11.9. The van der Waals surface area contributed by atoms with Crippen LogP contribution in [0.2, 0.25) is 0 Å². The van der Waals surface area contributed by atoms with Gasteiger partial charge in [-0.05, 0) is 37.5 Å². The van der Waals surface area contributed by atoms with Crippen LogP contribution in [0, 0.1) is 11.3 Å². The lowest BCUT2D eigenvalue weighted by Crippen LogP contribution is -2.26. The highest BCUT2D eigenvalue weighted by Crippen LogP contribution is 2.20. The number of amides is 1. The van der Waals surface area contributed by atoms with Crippen molar-refractivity contribution in [1.82, 2.24) is 5.32 Å². The smallest absolute Gasteiger partial charge is 0.251 e. The van der Waals surface area contributed by atoms with E-state index in [-0.39, 0.29) is 5.91 Å². The van der Waals surface area contributed by atoms with E-state index >= 15 is 0 Å². The van der Waals surface area contributed by atoms with Crippen LogP contribution in [0.15, 0.2) is 24.3 Å². The van der Waals surface area contributed by atoms with Gasteiger partial charge in [-0.25, -0.2) is 0 Å². The van der Waals surface area contributed by atoms with Gasteiger partial charge >= 0.3 is 0 Å². The van der Waals surface area contributed by atoms with Crippen molar-refractivity contribution in [2.45, 2.75) is 44.6 Å². The Labute approximate surface area is 126 Å². The number of hydrogen-bond donors (Lipinski definition) is 1. The second-order valence-corrected chi connectivity index (χ2v) is 5.43. The SMILES string of the molecule is N#Cc1cccc(C(=O)NCCCOC2CCCCC2)c1. The Hall–Kier alpha value is -1.86. The topological polar surface area (TPSA) is 62.1 Å². The van der Waals surface area contributed by atoms with E-state index in [0.717, 1.165) is 6.42 Å². The molecule has 0 aliphatic heterocycles. The first-order chi connectivity index (χ1) is 10.3. The molecule has 1 fully saturated rings. The lowest BCUT2D eigenvalue weighted by Gasteiger charge is -2.21. The lowest BCUT2D eigenvalue weighted by atomic mass is 9.98. The summed E-state index contributed by atoms with van der Waals surface area (Å²) in [5, 5.41) is 11.7. The molecule has 4 heteroatoms. The minimum atomic E-state index is -0.134. The molecule has 1 aromatic carbocycles. The molecule has 1 aliphatic carbocycles. The molecule has 21 heavy (non-hydrogen) atoms. The molecular weight excluding hydrogens is 264 g/mol. The molecule has 1 N–H and O–H groups in total. The van der Waals surface area contributed by atoms with Gasteiger partial charge in [0.25, 0.3) is 5.91 Å². The first kappa shape index (κ1) is 15.5. The van der Waals surface area contributed by atoms with E-state index < -0.39 is 0 Å². The number of carbonyl (C=O) groups excluding carboxylic acids is 1. The van der Waals surface area contributed by atoms with Crippen molar-refractivity contribution in [2.75, 3.05) is 13.2 Å². The molecule has 0 atom stereocenters. The van der Waals surface area contributed by atoms with E-state index in [4.69, 9.17) is 10.00 Å². The molecule has 0 saturated heterocycles. The number of rotatable bonds is 6. The highest BCUT2D eigenvalue weighted by atomic mass is 16.5. The maximum Gasteiger partial charge on any atom is 0.251 e. The summed E-state index contributed by atoms with van der Waals surface area (Å²) in [4.78, 5) is 11.9. The number of nitrogens with zero attached hydrogens (tertiary/aromatic N) is 1. The van der Waals surface area contributed by atoms with Crippen molar-refractivity contribution in [2.24, 2.45) is 0 Å². The van der Waals surface area contributed by atoms with Crippen LogP contribution in [0.1, 0.15) is 54.4 Å². The highest BCUT2D eigenvalue weighted by Gasteiger charge is 2.13.